The topological polar surface area (TPSA) is 61.8 Å². The molecule has 0 aliphatic carbocycles. The summed E-state index contributed by atoms with van der Waals surface area (Å²) in [5.74, 6) is 0.186. The Kier molecular flexibility index (Phi) is 1.53. The Hall–Kier alpha value is -2.43. The molecule has 4 rings (SSSR count). The third-order valence-electron chi connectivity index (χ3n) is 3.63. The fraction of sp³-hybridized carbons (Fsp3) is 0.154. The molecule has 3 heterocycles. The van der Waals surface area contributed by atoms with E-state index >= 15 is 0 Å². The minimum atomic E-state index is -0.693. The van der Waals surface area contributed by atoms with E-state index in [0.717, 1.165) is 11.3 Å². The molecular formula is C13H9N3O2. The molecule has 1 aromatic rings. The number of nitrogens with one attached hydrogen (secondary N) is 1. The first-order chi connectivity index (χ1) is 8.72. The van der Waals surface area contributed by atoms with Crippen LogP contribution in [0.2, 0.25) is 0 Å². The normalized spacial score (nSPS) is 27.6. The van der Waals surface area contributed by atoms with Gasteiger partial charge in [0.25, 0.3) is 0 Å². The minimum Gasteiger partial charge on any atom is -0.310 e. The Labute approximate surface area is 103 Å². The quantitative estimate of drug-likeness (QED) is 0.714. The van der Waals surface area contributed by atoms with Crippen LogP contribution in [-0.4, -0.2) is 29.1 Å². The van der Waals surface area contributed by atoms with Crippen molar-refractivity contribution in [2.45, 2.75) is 5.54 Å². The molecule has 5 nitrogen and oxygen atoms in total. The summed E-state index contributed by atoms with van der Waals surface area (Å²) < 4.78 is 0. The SMILES string of the molecule is O=C1CN2C(=O)C=CC23C(=Nc2ccccc23)N1. The fourth-order valence-electron chi connectivity index (χ4n) is 2.86. The molecule has 1 spiro atoms. The molecule has 0 saturated carbocycles. The molecule has 1 unspecified atom stereocenters. The molecule has 1 aromatic carbocycles. The van der Waals surface area contributed by atoms with Gasteiger partial charge in [-0.05, 0) is 12.1 Å². The zero-order chi connectivity index (χ0) is 12.3. The van der Waals surface area contributed by atoms with Gasteiger partial charge in [0, 0.05) is 11.6 Å². The van der Waals surface area contributed by atoms with E-state index in [4.69, 9.17) is 0 Å². The van der Waals surface area contributed by atoms with Crippen molar-refractivity contribution in [3.63, 3.8) is 0 Å². The van der Waals surface area contributed by atoms with Crippen LogP contribution in [0.25, 0.3) is 0 Å². The molecule has 3 aliphatic heterocycles. The number of aliphatic imine (C=N–C) groups is 1. The van der Waals surface area contributed by atoms with Gasteiger partial charge in [0.05, 0.1) is 5.69 Å². The summed E-state index contributed by atoms with van der Waals surface area (Å²) in [5, 5.41) is 2.77. The van der Waals surface area contributed by atoms with Gasteiger partial charge in [0.2, 0.25) is 11.8 Å². The average molecular weight is 239 g/mol. The Balaban J connectivity index is 2.01. The lowest BCUT2D eigenvalue weighted by Gasteiger charge is -2.39. The molecule has 0 bridgehead atoms. The number of carbonyl (C=O) groups excluding carboxylic acids is 2. The van der Waals surface area contributed by atoms with Crippen LogP contribution in [0.5, 0.6) is 0 Å². The summed E-state index contributed by atoms with van der Waals surface area (Å²) >= 11 is 0. The molecule has 0 aromatic heterocycles. The van der Waals surface area contributed by atoms with Gasteiger partial charge < -0.3 is 10.2 Å². The van der Waals surface area contributed by atoms with Crippen LogP contribution >= 0.6 is 0 Å². The van der Waals surface area contributed by atoms with Crippen LogP contribution in [0.1, 0.15) is 5.56 Å². The highest BCUT2D eigenvalue weighted by molar-refractivity contribution is 6.17. The van der Waals surface area contributed by atoms with Crippen molar-refractivity contribution in [2.75, 3.05) is 6.54 Å². The molecule has 2 amide bonds. The first-order valence-electron chi connectivity index (χ1n) is 5.71. The van der Waals surface area contributed by atoms with Crippen molar-refractivity contribution < 1.29 is 9.59 Å². The van der Waals surface area contributed by atoms with Gasteiger partial charge in [-0.3, -0.25) is 9.59 Å². The number of hydrogen-bond acceptors (Lipinski definition) is 3. The Morgan fingerprint density at radius 3 is 3.00 bits per heavy atom. The lowest BCUT2D eigenvalue weighted by atomic mass is 9.88. The largest absolute Gasteiger partial charge is 0.310 e. The molecule has 18 heavy (non-hydrogen) atoms. The van der Waals surface area contributed by atoms with Crippen LogP contribution in [0, 0.1) is 0 Å². The predicted octanol–water partition coefficient (Wildman–Crippen LogP) is 0.454. The zero-order valence-corrected chi connectivity index (χ0v) is 9.38. The smallest absolute Gasteiger partial charge is 0.248 e. The molecule has 3 aliphatic rings. The zero-order valence-electron chi connectivity index (χ0n) is 9.38. The van der Waals surface area contributed by atoms with Gasteiger partial charge in [0.15, 0.2) is 0 Å². The van der Waals surface area contributed by atoms with E-state index in [1.165, 1.54) is 6.08 Å². The van der Waals surface area contributed by atoms with Crippen molar-refractivity contribution in [1.82, 2.24) is 10.2 Å². The van der Waals surface area contributed by atoms with Gasteiger partial charge in [-0.1, -0.05) is 18.2 Å². The second-order valence-corrected chi connectivity index (χ2v) is 4.55. The van der Waals surface area contributed by atoms with Gasteiger partial charge in [-0.25, -0.2) is 4.99 Å². The van der Waals surface area contributed by atoms with Crippen molar-refractivity contribution in [1.29, 1.82) is 0 Å². The van der Waals surface area contributed by atoms with E-state index in [1.807, 2.05) is 30.3 Å². The van der Waals surface area contributed by atoms with Crippen molar-refractivity contribution in [3.8, 4) is 0 Å². The summed E-state index contributed by atoms with van der Waals surface area (Å²) in [7, 11) is 0. The second-order valence-electron chi connectivity index (χ2n) is 4.55. The molecular weight excluding hydrogens is 230 g/mol. The fourth-order valence-corrected chi connectivity index (χ4v) is 2.86. The van der Waals surface area contributed by atoms with Gasteiger partial charge >= 0.3 is 0 Å². The van der Waals surface area contributed by atoms with Crippen LogP contribution in [0.4, 0.5) is 5.69 Å². The number of benzene rings is 1. The molecule has 1 saturated heterocycles. The van der Waals surface area contributed by atoms with Crippen molar-refractivity contribution in [2.24, 2.45) is 4.99 Å². The lowest BCUT2D eigenvalue weighted by molar-refractivity contribution is -0.135. The highest BCUT2D eigenvalue weighted by Crippen LogP contribution is 2.46. The number of hydrogen-bond donors (Lipinski definition) is 1. The van der Waals surface area contributed by atoms with E-state index in [1.54, 1.807) is 4.90 Å². The Morgan fingerprint density at radius 2 is 2.11 bits per heavy atom. The highest BCUT2D eigenvalue weighted by Gasteiger charge is 2.54. The number of para-hydroxylation sites is 1. The van der Waals surface area contributed by atoms with Crippen LogP contribution in [0.15, 0.2) is 41.4 Å². The Morgan fingerprint density at radius 1 is 1.28 bits per heavy atom. The number of carbonyl (C=O) groups is 2. The number of rotatable bonds is 0. The average Bonchev–Trinajstić information content (AvgIpc) is 2.86. The van der Waals surface area contributed by atoms with E-state index < -0.39 is 5.54 Å². The van der Waals surface area contributed by atoms with Crippen LogP contribution in [0.3, 0.4) is 0 Å². The summed E-state index contributed by atoms with van der Waals surface area (Å²) in [4.78, 5) is 29.5. The van der Waals surface area contributed by atoms with E-state index in [-0.39, 0.29) is 18.4 Å². The monoisotopic (exact) mass is 239 g/mol. The first-order valence-corrected chi connectivity index (χ1v) is 5.71. The van der Waals surface area contributed by atoms with Crippen molar-refractivity contribution >= 4 is 23.3 Å². The maximum atomic E-state index is 11.9. The summed E-state index contributed by atoms with van der Waals surface area (Å²) in [6.07, 6.45) is 3.33. The number of amidine groups is 1. The number of fused-ring (bicyclic) bond motifs is 1. The Bertz CT molecular complexity index is 662. The maximum absolute atomic E-state index is 11.9. The van der Waals surface area contributed by atoms with E-state index in [9.17, 15) is 9.59 Å². The highest BCUT2D eigenvalue weighted by atomic mass is 16.2. The third kappa shape index (κ3) is 0.909. The summed E-state index contributed by atoms with van der Waals surface area (Å²) in [6.45, 7) is 0.0686. The van der Waals surface area contributed by atoms with Gasteiger partial charge in [-0.2, -0.15) is 0 Å². The van der Waals surface area contributed by atoms with Crippen LogP contribution < -0.4 is 5.32 Å². The van der Waals surface area contributed by atoms with E-state index in [0.29, 0.717) is 5.84 Å². The molecule has 0 radical (unpaired) electrons. The standard InChI is InChI=1S/C13H9N3O2/c17-10-7-16-11(18)5-6-13(16)8-3-1-2-4-9(8)14-12(13)15-10/h1-6H,7H2,(H,14,15,17). The minimum absolute atomic E-state index is 0.0686. The maximum Gasteiger partial charge on any atom is 0.248 e. The van der Waals surface area contributed by atoms with Crippen molar-refractivity contribution in [3.05, 3.63) is 42.0 Å². The summed E-state index contributed by atoms with van der Waals surface area (Å²) in [6, 6.07) is 7.64. The molecule has 5 heteroatoms. The molecule has 1 atom stereocenters. The molecule has 1 N–H and O–H groups in total. The number of nitrogens with zero attached hydrogens (tertiary/aromatic N) is 2. The number of amides is 2. The predicted molar refractivity (Wildman–Crippen MR) is 64.2 cm³/mol. The number of piperazine rings is 1. The molecule has 1 fully saturated rings. The van der Waals surface area contributed by atoms with Gasteiger partial charge in [0.1, 0.15) is 17.9 Å². The second kappa shape index (κ2) is 2.87. The van der Waals surface area contributed by atoms with Crippen LogP contribution in [-0.2, 0) is 15.1 Å². The summed E-state index contributed by atoms with van der Waals surface area (Å²) in [5.41, 5.74) is 1.06. The lowest BCUT2D eigenvalue weighted by Crippen LogP contribution is -2.61. The first kappa shape index (κ1) is 9.58. The van der Waals surface area contributed by atoms with E-state index in [2.05, 4.69) is 10.3 Å². The van der Waals surface area contributed by atoms with Gasteiger partial charge in [-0.15, -0.1) is 0 Å². The third-order valence-corrected chi connectivity index (χ3v) is 3.63. The molecule has 88 valence electrons.